The van der Waals surface area contributed by atoms with Crippen molar-refractivity contribution in [2.24, 2.45) is 0 Å². The van der Waals surface area contributed by atoms with E-state index in [-0.39, 0.29) is 6.61 Å². The lowest BCUT2D eigenvalue weighted by atomic mass is 10.2. The van der Waals surface area contributed by atoms with Gasteiger partial charge in [0.25, 0.3) is 0 Å². The molecule has 116 valence electrons. The van der Waals surface area contributed by atoms with Crippen LogP contribution in [0, 0.1) is 6.92 Å². The van der Waals surface area contributed by atoms with Gasteiger partial charge in [0.15, 0.2) is 0 Å². The van der Waals surface area contributed by atoms with Gasteiger partial charge < -0.3 is 18.7 Å². The SMILES string of the molecule is COc1cc(/C=C/C(=O)OCc2cc(C)on2)cc(OC)c1. The molecule has 0 saturated carbocycles. The van der Waals surface area contributed by atoms with Crippen molar-refractivity contribution in [2.45, 2.75) is 13.5 Å². The summed E-state index contributed by atoms with van der Waals surface area (Å²) in [5.74, 6) is 1.49. The van der Waals surface area contributed by atoms with E-state index in [9.17, 15) is 4.79 Å². The number of ether oxygens (including phenoxy) is 3. The van der Waals surface area contributed by atoms with Crippen LogP contribution in [0.1, 0.15) is 17.0 Å². The van der Waals surface area contributed by atoms with E-state index >= 15 is 0 Å². The normalized spacial score (nSPS) is 10.7. The van der Waals surface area contributed by atoms with Crippen LogP contribution >= 0.6 is 0 Å². The highest BCUT2D eigenvalue weighted by molar-refractivity contribution is 5.87. The maximum Gasteiger partial charge on any atom is 0.331 e. The summed E-state index contributed by atoms with van der Waals surface area (Å²) < 4.78 is 20.3. The molecule has 2 aromatic rings. The average Bonchev–Trinajstić information content (AvgIpc) is 2.96. The van der Waals surface area contributed by atoms with Crippen LogP contribution in [-0.4, -0.2) is 25.3 Å². The minimum Gasteiger partial charge on any atom is -0.497 e. The second kappa shape index (κ2) is 7.31. The lowest BCUT2D eigenvalue weighted by Gasteiger charge is -2.05. The number of carbonyl (C=O) groups is 1. The monoisotopic (exact) mass is 303 g/mol. The van der Waals surface area contributed by atoms with E-state index < -0.39 is 5.97 Å². The highest BCUT2D eigenvalue weighted by Gasteiger charge is 2.04. The van der Waals surface area contributed by atoms with Gasteiger partial charge in [-0.2, -0.15) is 0 Å². The van der Waals surface area contributed by atoms with Crippen LogP contribution in [-0.2, 0) is 16.1 Å². The lowest BCUT2D eigenvalue weighted by molar-refractivity contribution is -0.139. The Morgan fingerprint density at radius 3 is 2.41 bits per heavy atom. The van der Waals surface area contributed by atoms with Crippen LogP contribution in [0.4, 0.5) is 0 Å². The van der Waals surface area contributed by atoms with Crippen molar-refractivity contribution < 1.29 is 23.5 Å². The average molecular weight is 303 g/mol. The summed E-state index contributed by atoms with van der Waals surface area (Å²) in [4.78, 5) is 11.7. The van der Waals surface area contributed by atoms with Gasteiger partial charge in [0, 0.05) is 18.2 Å². The molecule has 1 aromatic heterocycles. The minimum atomic E-state index is -0.470. The summed E-state index contributed by atoms with van der Waals surface area (Å²) >= 11 is 0. The van der Waals surface area contributed by atoms with E-state index in [4.69, 9.17) is 18.7 Å². The Morgan fingerprint density at radius 2 is 1.86 bits per heavy atom. The van der Waals surface area contributed by atoms with E-state index in [0.29, 0.717) is 23.0 Å². The highest BCUT2D eigenvalue weighted by atomic mass is 16.5. The number of hydrogen-bond acceptors (Lipinski definition) is 6. The van der Waals surface area contributed by atoms with Crippen LogP contribution in [0.25, 0.3) is 6.08 Å². The smallest absolute Gasteiger partial charge is 0.331 e. The molecule has 22 heavy (non-hydrogen) atoms. The van der Waals surface area contributed by atoms with Crippen molar-refractivity contribution in [1.82, 2.24) is 5.16 Å². The Labute approximate surface area is 128 Å². The third-order valence-electron chi connectivity index (χ3n) is 2.82. The molecule has 0 N–H and O–H groups in total. The number of hydrogen-bond donors (Lipinski definition) is 0. The van der Waals surface area contributed by atoms with Crippen molar-refractivity contribution in [3.63, 3.8) is 0 Å². The van der Waals surface area contributed by atoms with Gasteiger partial charge in [0.1, 0.15) is 29.6 Å². The molecule has 0 atom stereocenters. The fourth-order valence-electron chi connectivity index (χ4n) is 1.77. The van der Waals surface area contributed by atoms with E-state index in [1.54, 1.807) is 51.5 Å². The number of rotatable bonds is 6. The van der Waals surface area contributed by atoms with E-state index in [1.165, 1.54) is 6.08 Å². The fourth-order valence-corrected chi connectivity index (χ4v) is 1.77. The van der Waals surface area contributed by atoms with Crippen molar-refractivity contribution in [3.05, 3.63) is 47.4 Å². The zero-order valence-corrected chi connectivity index (χ0v) is 12.7. The molecule has 0 radical (unpaired) electrons. The van der Waals surface area contributed by atoms with E-state index in [2.05, 4.69) is 5.16 Å². The van der Waals surface area contributed by atoms with Gasteiger partial charge in [-0.05, 0) is 30.7 Å². The minimum absolute atomic E-state index is 0.0714. The second-order valence-electron chi connectivity index (χ2n) is 4.52. The number of aryl methyl sites for hydroxylation is 1. The molecule has 0 fully saturated rings. The van der Waals surface area contributed by atoms with Gasteiger partial charge in [-0.1, -0.05) is 5.16 Å². The van der Waals surface area contributed by atoms with Gasteiger partial charge in [-0.15, -0.1) is 0 Å². The largest absolute Gasteiger partial charge is 0.497 e. The standard InChI is InChI=1S/C16H17NO5/c1-11-6-13(17-22-11)10-21-16(18)5-4-12-7-14(19-2)9-15(8-12)20-3/h4-9H,10H2,1-3H3/b5-4+. The Morgan fingerprint density at radius 1 is 1.18 bits per heavy atom. The van der Waals surface area contributed by atoms with Crippen molar-refractivity contribution in [1.29, 1.82) is 0 Å². The zero-order valence-electron chi connectivity index (χ0n) is 12.7. The van der Waals surface area contributed by atoms with Gasteiger partial charge in [-0.3, -0.25) is 0 Å². The summed E-state index contributed by atoms with van der Waals surface area (Å²) in [6.45, 7) is 1.84. The van der Waals surface area contributed by atoms with E-state index in [0.717, 1.165) is 5.56 Å². The predicted molar refractivity (Wildman–Crippen MR) is 79.6 cm³/mol. The Bertz CT molecular complexity index is 653. The number of esters is 1. The van der Waals surface area contributed by atoms with Crippen LogP contribution in [0.15, 0.2) is 34.9 Å². The van der Waals surface area contributed by atoms with Crippen LogP contribution < -0.4 is 9.47 Å². The molecule has 0 aliphatic rings. The third-order valence-corrected chi connectivity index (χ3v) is 2.82. The first-order valence-electron chi connectivity index (χ1n) is 6.61. The van der Waals surface area contributed by atoms with Gasteiger partial charge in [-0.25, -0.2) is 4.79 Å². The van der Waals surface area contributed by atoms with Crippen LogP contribution in [0.5, 0.6) is 11.5 Å². The molecule has 0 bridgehead atoms. The first kappa shape index (κ1) is 15.6. The third kappa shape index (κ3) is 4.37. The molecule has 0 spiro atoms. The summed E-state index contributed by atoms with van der Waals surface area (Å²) in [5.41, 5.74) is 1.34. The maximum atomic E-state index is 11.7. The molecular weight excluding hydrogens is 286 g/mol. The van der Waals surface area contributed by atoms with Crippen molar-refractivity contribution in [2.75, 3.05) is 14.2 Å². The van der Waals surface area contributed by atoms with Crippen LogP contribution in [0.2, 0.25) is 0 Å². The number of methoxy groups -OCH3 is 2. The molecule has 1 heterocycles. The quantitative estimate of drug-likeness (QED) is 0.603. The fraction of sp³-hybridized carbons (Fsp3) is 0.250. The highest BCUT2D eigenvalue weighted by Crippen LogP contribution is 2.23. The molecule has 6 nitrogen and oxygen atoms in total. The maximum absolute atomic E-state index is 11.7. The van der Waals surface area contributed by atoms with Crippen molar-refractivity contribution >= 4 is 12.0 Å². The Balaban J connectivity index is 1.97. The number of nitrogens with zero attached hydrogens (tertiary/aromatic N) is 1. The summed E-state index contributed by atoms with van der Waals surface area (Å²) in [6.07, 6.45) is 2.96. The second-order valence-corrected chi connectivity index (χ2v) is 4.52. The molecule has 0 aliphatic carbocycles. The van der Waals surface area contributed by atoms with Crippen molar-refractivity contribution in [3.8, 4) is 11.5 Å². The molecular formula is C16H17NO5. The number of aromatic nitrogens is 1. The van der Waals surface area contributed by atoms with Gasteiger partial charge >= 0.3 is 5.97 Å². The number of carbonyl (C=O) groups excluding carboxylic acids is 1. The van der Waals surface area contributed by atoms with E-state index in [1.807, 2.05) is 0 Å². The number of benzene rings is 1. The topological polar surface area (TPSA) is 70.8 Å². The summed E-state index contributed by atoms with van der Waals surface area (Å²) in [7, 11) is 3.13. The van der Waals surface area contributed by atoms with Gasteiger partial charge in [0.2, 0.25) is 0 Å². The molecule has 0 unspecified atom stereocenters. The molecule has 2 rings (SSSR count). The molecule has 1 aromatic carbocycles. The predicted octanol–water partition coefficient (Wildman–Crippen LogP) is 2.76. The van der Waals surface area contributed by atoms with Gasteiger partial charge in [0.05, 0.1) is 14.2 Å². The molecule has 0 amide bonds. The molecule has 6 heteroatoms. The summed E-state index contributed by atoms with van der Waals surface area (Å²) in [5, 5.41) is 3.74. The summed E-state index contributed by atoms with van der Waals surface area (Å²) in [6, 6.07) is 7.03. The Hall–Kier alpha value is -2.76. The zero-order chi connectivity index (χ0) is 15.9. The first-order valence-corrected chi connectivity index (χ1v) is 6.61. The first-order chi connectivity index (χ1) is 10.6. The molecule has 0 aliphatic heterocycles. The molecule has 0 saturated heterocycles. The lowest BCUT2D eigenvalue weighted by Crippen LogP contribution is -2.00. The van der Waals surface area contributed by atoms with Crippen LogP contribution in [0.3, 0.4) is 0 Å². The Kier molecular flexibility index (Phi) is 5.19.